The summed E-state index contributed by atoms with van der Waals surface area (Å²) in [5, 5.41) is 0. The molecule has 2 N–H and O–H groups in total. The van der Waals surface area contributed by atoms with Crippen LogP contribution in [0.1, 0.15) is 38.4 Å². The molecule has 0 saturated heterocycles. The van der Waals surface area contributed by atoms with Gasteiger partial charge in [-0.2, -0.15) is 0 Å². The van der Waals surface area contributed by atoms with Crippen molar-refractivity contribution in [3.63, 3.8) is 0 Å². The first-order chi connectivity index (χ1) is 9.00. The topological polar surface area (TPSA) is 42.2 Å². The lowest BCUT2D eigenvalue weighted by Crippen LogP contribution is -2.31. The molecule has 104 valence electrons. The molecule has 1 aliphatic rings. The van der Waals surface area contributed by atoms with Gasteiger partial charge in [-0.05, 0) is 23.5 Å². The van der Waals surface area contributed by atoms with Gasteiger partial charge in [-0.3, -0.25) is 9.88 Å². The second kappa shape index (κ2) is 5.85. The smallest absolute Gasteiger partial charge is 0.0584 e. The zero-order valence-electron chi connectivity index (χ0n) is 12.3. The summed E-state index contributed by atoms with van der Waals surface area (Å²) >= 11 is 0. The highest BCUT2D eigenvalue weighted by Gasteiger charge is 2.21. The molecule has 0 amide bonds. The molecule has 1 aromatic heterocycles. The molecule has 2 heterocycles. The maximum atomic E-state index is 5.74. The minimum atomic E-state index is 0.308. The first kappa shape index (κ1) is 14.2. The third-order valence-electron chi connectivity index (χ3n) is 3.83. The lowest BCUT2D eigenvalue weighted by molar-refractivity contribution is 0.270. The molecule has 0 fully saturated rings. The van der Waals surface area contributed by atoms with Crippen LogP contribution in [0.2, 0.25) is 0 Å². The average Bonchev–Trinajstić information content (AvgIpc) is 2.39. The Morgan fingerprint density at radius 2 is 2.16 bits per heavy atom. The highest BCUT2D eigenvalue weighted by molar-refractivity contribution is 5.21. The molecule has 0 bridgehead atoms. The van der Waals surface area contributed by atoms with Crippen molar-refractivity contribution in [3.8, 4) is 0 Å². The minimum Gasteiger partial charge on any atom is -0.325 e. The van der Waals surface area contributed by atoms with Crippen molar-refractivity contribution < 1.29 is 0 Å². The van der Waals surface area contributed by atoms with Crippen LogP contribution in [0.3, 0.4) is 0 Å². The SMILES string of the molecule is CC(C)(C)C1=CCN(Cc2cccnc2CN)CC1. The molecule has 19 heavy (non-hydrogen) atoms. The molecule has 2 rings (SSSR count). The maximum absolute atomic E-state index is 5.74. The van der Waals surface area contributed by atoms with Crippen molar-refractivity contribution in [2.45, 2.75) is 40.3 Å². The Morgan fingerprint density at radius 3 is 2.74 bits per heavy atom. The number of rotatable bonds is 3. The van der Waals surface area contributed by atoms with Gasteiger partial charge in [0.2, 0.25) is 0 Å². The fourth-order valence-electron chi connectivity index (χ4n) is 2.58. The Labute approximate surface area is 116 Å². The Kier molecular flexibility index (Phi) is 4.38. The summed E-state index contributed by atoms with van der Waals surface area (Å²) in [6.07, 6.45) is 5.38. The van der Waals surface area contributed by atoms with E-state index in [1.807, 2.05) is 12.3 Å². The van der Waals surface area contributed by atoms with Gasteiger partial charge in [-0.1, -0.05) is 38.5 Å². The lowest BCUT2D eigenvalue weighted by Gasteiger charge is -2.32. The predicted molar refractivity (Wildman–Crippen MR) is 79.6 cm³/mol. The fraction of sp³-hybridized carbons (Fsp3) is 0.562. The van der Waals surface area contributed by atoms with Crippen LogP contribution in [-0.4, -0.2) is 23.0 Å². The Balaban J connectivity index is 2.01. The van der Waals surface area contributed by atoms with Crippen LogP contribution in [0.15, 0.2) is 30.0 Å². The van der Waals surface area contributed by atoms with Gasteiger partial charge in [0.25, 0.3) is 0 Å². The second-order valence-corrected chi connectivity index (χ2v) is 6.28. The number of nitrogens with two attached hydrogens (primary N) is 1. The van der Waals surface area contributed by atoms with Gasteiger partial charge in [0.05, 0.1) is 5.69 Å². The minimum absolute atomic E-state index is 0.308. The predicted octanol–water partition coefficient (Wildman–Crippen LogP) is 2.72. The van der Waals surface area contributed by atoms with Crippen molar-refractivity contribution in [3.05, 3.63) is 41.2 Å². The van der Waals surface area contributed by atoms with E-state index in [1.165, 1.54) is 12.0 Å². The third kappa shape index (κ3) is 3.64. The third-order valence-corrected chi connectivity index (χ3v) is 3.83. The molecular formula is C16H25N3. The van der Waals surface area contributed by atoms with E-state index < -0.39 is 0 Å². The molecule has 1 aromatic rings. The van der Waals surface area contributed by atoms with Gasteiger partial charge in [-0.25, -0.2) is 0 Å². The molecule has 3 nitrogen and oxygen atoms in total. The average molecular weight is 259 g/mol. The summed E-state index contributed by atoms with van der Waals surface area (Å²) in [6, 6.07) is 4.13. The monoisotopic (exact) mass is 259 g/mol. The van der Waals surface area contributed by atoms with E-state index in [1.54, 1.807) is 5.57 Å². The molecular weight excluding hydrogens is 234 g/mol. The van der Waals surface area contributed by atoms with Gasteiger partial charge < -0.3 is 5.73 Å². The number of aromatic nitrogens is 1. The molecule has 1 aliphatic heterocycles. The van der Waals surface area contributed by atoms with Crippen LogP contribution in [0.4, 0.5) is 0 Å². The van der Waals surface area contributed by atoms with E-state index in [-0.39, 0.29) is 0 Å². The first-order valence-electron chi connectivity index (χ1n) is 7.05. The molecule has 0 unspecified atom stereocenters. The van der Waals surface area contributed by atoms with E-state index in [2.05, 4.69) is 42.8 Å². The highest BCUT2D eigenvalue weighted by Crippen LogP contribution is 2.30. The van der Waals surface area contributed by atoms with Crippen LogP contribution in [-0.2, 0) is 13.1 Å². The second-order valence-electron chi connectivity index (χ2n) is 6.28. The summed E-state index contributed by atoms with van der Waals surface area (Å²) < 4.78 is 0. The van der Waals surface area contributed by atoms with Crippen LogP contribution >= 0.6 is 0 Å². The van der Waals surface area contributed by atoms with Crippen molar-refractivity contribution >= 4 is 0 Å². The number of pyridine rings is 1. The normalized spacial score (nSPS) is 17.4. The van der Waals surface area contributed by atoms with Gasteiger partial charge in [0.1, 0.15) is 0 Å². The lowest BCUT2D eigenvalue weighted by atomic mass is 9.83. The van der Waals surface area contributed by atoms with Gasteiger partial charge >= 0.3 is 0 Å². The Morgan fingerprint density at radius 1 is 1.37 bits per heavy atom. The quantitative estimate of drug-likeness (QED) is 0.849. The van der Waals surface area contributed by atoms with Crippen molar-refractivity contribution in [2.24, 2.45) is 11.1 Å². The van der Waals surface area contributed by atoms with Gasteiger partial charge in [0.15, 0.2) is 0 Å². The number of hydrogen-bond acceptors (Lipinski definition) is 3. The molecule has 0 atom stereocenters. The highest BCUT2D eigenvalue weighted by atomic mass is 15.1. The first-order valence-corrected chi connectivity index (χ1v) is 7.05. The summed E-state index contributed by atoms with van der Waals surface area (Å²) in [6.45, 7) is 10.5. The molecule has 3 heteroatoms. The largest absolute Gasteiger partial charge is 0.325 e. The van der Waals surface area contributed by atoms with E-state index in [9.17, 15) is 0 Å². The van der Waals surface area contributed by atoms with Crippen molar-refractivity contribution in [1.29, 1.82) is 0 Å². The zero-order chi connectivity index (χ0) is 13.9. The summed E-state index contributed by atoms with van der Waals surface area (Å²) in [7, 11) is 0. The summed E-state index contributed by atoms with van der Waals surface area (Å²) in [5.74, 6) is 0. The number of hydrogen-bond donors (Lipinski definition) is 1. The van der Waals surface area contributed by atoms with E-state index in [0.29, 0.717) is 12.0 Å². The van der Waals surface area contributed by atoms with E-state index in [0.717, 1.165) is 25.3 Å². The van der Waals surface area contributed by atoms with Crippen LogP contribution < -0.4 is 5.73 Å². The molecule has 0 aliphatic carbocycles. The zero-order valence-corrected chi connectivity index (χ0v) is 12.3. The van der Waals surface area contributed by atoms with Crippen molar-refractivity contribution in [1.82, 2.24) is 9.88 Å². The standard InChI is InChI=1S/C16H25N3/c1-16(2,3)14-6-9-19(10-7-14)12-13-5-4-8-18-15(13)11-17/h4-6,8H,7,9-12,17H2,1-3H3. The van der Waals surface area contributed by atoms with E-state index in [4.69, 9.17) is 5.73 Å². The van der Waals surface area contributed by atoms with Crippen LogP contribution in [0.5, 0.6) is 0 Å². The Bertz CT molecular complexity index is 457. The summed E-state index contributed by atoms with van der Waals surface area (Å²) in [4.78, 5) is 6.81. The van der Waals surface area contributed by atoms with Gasteiger partial charge in [-0.15, -0.1) is 0 Å². The molecule has 0 radical (unpaired) electrons. The van der Waals surface area contributed by atoms with Crippen molar-refractivity contribution in [2.75, 3.05) is 13.1 Å². The summed E-state index contributed by atoms with van der Waals surface area (Å²) in [5.41, 5.74) is 9.91. The molecule has 0 saturated carbocycles. The maximum Gasteiger partial charge on any atom is 0.0584 e. The van der Waals surface area contributed by atoms with Crippen LogP contribution in [0, 0.1) is 5.41 Å². The van der Waals surface area contributed by atoms with Gasteiger partial charge in [0, 0.05) is 32.4 Å². The Hall–Kier alpha value is -1.19. The molecule has 0 spiro atoms. The molecule has 0 aromatic carbocycles. The van der Waals surface area contributed by atoms with Crippen LogP contribution in [0.25, 0.3) is 0 Å². The number of nitrogens with zero attached hydrogens (tertiary/aromatic N) is 2. The fourth-order valence-corrected chi connectivity index (χ4v) is 2.58. The van der Waals surface area contributed by atoms with E-state index >= 15 is 0 Å².